The topological polar surface area (TPSA) is 88.1 Å². The third kappa shape index (κ3) is 4.40. The molecule has 2 amide bonds. The number of benzene rings is 2. The van der Waals surface area contributed by atoms with Crippen LogP contribution < -0.4 is 10.3 Å². The van der Waals surface area contributed by atoms with Gasteiger partial charge in [-0.1, -0.05) is 12.1 Å². The SMILES string of the molecule is COC(=O)c1ccc(/C=N\NC(=O)[C@H]2CC(=O)N(c3ccc(F)cc3)C2)cc1. The molecule has 2 aromatic carbocycles. The van der Waals surface area contributed by atoms with Gasteiger partial charge in [0.15, 0.2) is 0 Å². The van der Waals surface area contributed by atoms with Crippen molar-refractivity contribution >= 4 is 29.7 Å². The second kappa shape index (κ2) is 8.43. The molecule has 8 heteroatoms. The summed E-state index contributed by atoms with van der Waals surface area (Å²) in [7, 11) is 1.30. The van der Waals surface area contributed by atoms with E-state index in [1.165, 1.54) is 42.5 Å². The Morgan fingerprint density at radius 2 is 1.86 bits per heavy atom. The number of nitrogens with zero attached hydrogens (tertiary/aromatic N) is 2. The van der Waals surface area contributed by atoms with Crippen molar-refractivity contribution in [2.75, 3.05) is 18.6 Å². The Hall–Kier alpha value is -3.55. The second-order valence-electron chi connectivity index (χ2n) is 6.23. The third-order valence-corrected chi connectivity index (χ3v) is 4.35. The van der Waals surface area contributed by atoms with Gasteiger partial charge in [0.2, 0.25) is 11.8 Å². The number of hydrogen-bond donors (Lipinski definition) is 1. The molecule has 1 saturated heterocycles. The summed E-state index contributed by atoms with van der Waals surface area (Å²) < 4.78 is 17.6. The van der Waals surface area contributed by atoms with E-state index in [9.17, 15) is 18.8 Å². The number of carbonyl (C=O) groups excluding carboxylic acids is 3. The molecule has 0 unspecified atom stereocenters. The lowest BCUT2D eigenvalue weighted by atomic mass is 10.1. The molecule has 1 fully saturated rings. The van der Waals surface area contributed by atoms with Crippen molar-refractivity contribution in [2.24, 2.45) is 11.0 Å². The Labute approximate surface area is 160 Å². The highest BCUT2D eigenvalue weighted by Gasteiger charge is 2.35. The minimum Gasteiger partial charge on any atom is -0.465 e. The predicted octanol–water partition coefficient (Wildman–Crippen LogP) is 2.12. The molecule has 0 aliphatic carbocycles. The molecule has 2 aromatic rings. The molecule has 3 rings (SSSR count). The van der Waals surface area contributed by atoms with E-state index < -0.39 is 17.7 Å². The van der Waals surface area contributed by atoms with E-state index in [0.717, 1.165) is 0 Å². The number of amides is 2. The molecule has 1 N–H and O–H groups in total. The van der Waals surface area contributed by atoms with Gasteiger partial charge in [-0.25, -0.2) is 14.6 Å². The predicted molar refractivity (Wildman–Crippen MR) is 100 cm³/mol. The lowest BCUT2D eigenvalue weighted by Gasteiger charge is -2.16. The van der Waals surface area contributed by atoms with Gasteiger partial charge < -0.3 is 9.64 Å². The van der Waals surface area contributed by atoms with Crippen LogP contribution in [-0.2, 0) is 14.3 Å². The van der Waals surface area contributed by atoms with Gasteiger partial charge in [0.25, 0.3) is 0 Å². The van der Waals surface area contributed by atoms with E-state index in [4.69, 9.17) is 0 Å². The molecule has 0 bridgehead atoms. The summed E-state index contributed by atoms with van der Waals surface area (Å²) in [5.41, 5.74) is 4.07. The van der Waals surface area contributed by atoms with Gasteiger partial charge in [-0.15, -0.1) is 0 Å². The summed E-state index contributed by atoms with van der Waals surface area (Å²) in [6, 6.07) is 12.1. The smallest absolute Gasteiger partial charge is 0.337 e. The molecule has 0 spiro atoms. The van der Waals surface area contributed by atoms with Gasteiger partial charge in [-0.2, -0.15) is 5.10 Å². The molecular weight excluding hydrogens is 365 g/mol. The minimum absolute atomic E-state index is 0.0621. The molecule has 0 saturated carbocycles. The normalized spacial score (nSPS) is 16.4. The van der Waals surface area contributed by atoms with E-state index >= 15 is 0 Å². The number of anilines is 1. The Morgan fingerprint density at radius 3 is 2.50 bits per heavy atom. The van der Waals surface area contributed by atoms with Crippen molar-refractivity contribution in [1.82, 2.24) is 5.43 Å². The number of rotatable bonds is 5. The van der Waals surface area contributed by atoms with Crippen LogP contribution in [0.15, 0.2) is 53.6 Å². The number of methoxy groups -OCH3 is 1. The molecule has 1 aliphatic heterocycles. The Balaban J connectivity index is 1.56. The first kappa shape index (κ1) is 19.2. The lowest BCUT2D eigenvalue weighted by molar-refractivity contribution is -0.126. The number of esters is 1. The fourth-order valence-electron chi connectivity index (χ4n) is 2.84. The zero-order chi connectivity index (χ0) is 20.1. The molecule has 28 heavy (non-hydrogen) atoms. The summed E-state index contributed by atoms with van der Waals surface area (Å²) in [6.07, 6.45) is 1.50. The van der Waals surface area contributed by atoms with E-state index in [-0.39, 0.29) is 24.8 Å². The Kier molecular flexibility index (Phi) is 5.78. The first-order valence-electron chi connectivity index (χ1n) is 8.55. The monoisotopic (exact) mass is 383 g/mol. The second-order valence-corrected chi connectivity index (χ2v) is 6.23. The van der Waals surface area contributed by atoms with E-state index in [0.29, 0.717) is 16.8 Å². The first-order valence-corrected chi connectivity index (χ1v) is 8.55. The number of hydrogen-bond acceptors (Lipinski definition) is 5. The van der Waals surface area contributed by atoms with Crippen LogP contribution in [0, 0.1) is 11.7 Å². The van der Waals surface area contributed by atoms with Crippen molar-refractivity contribution < 1.29 is 23.5 Å². The number of ether oxygens (including phenoxy) is 1. The average Bonchev–Trinajstić information content (AvgIpc) is 3.10. The molecular formula is C20H18FN3O4. The van der Waals surface area contributed by atoms with Crippen LogP contribution in [0.1, 0.15) is 22.3 Å². The van der Waals surface area contributed by atoms with E-state index in [1.807, 2.05) is 0 Å². The largest absolute Gasteiger partial charge is 0.465 e. The number of carbonyl (C=O) groups is 3. The molecule has 7 nitrogen and oxygen atoms in total. The van der Waals surface area contributed by atoms with E-state index in [2.05, 4.69) is 15.3 Å². The van der Waals surface area contributed by atoms with Gasteiger partial charge in [0.05, 0.1) is 24.8 Å². The minimum atomic E-state index is -0.545. The van der Waals surface area contributed by atoms with Crippen LogP contribution in [0.5, 0.6) is 0 Å². The Morgan fingerprint density at radius 1 is 1.18 bits per heavy atom. The lowest BCUT2D eigenvalue weighted by Crippen LogP contribution is -2.30. The van der Waals surface area contributed by atoms with E-state index in [1.54, 1.807) is 24.3 Å². The molecule has 0 aromatic heterocycles. The van der Waals surface area contributed by atoms with Crippen molar-refractivity contribution in [3.05, 3.63) is 65.5 Å². The summed E-state index contributed by atoms with van der Waals surface area (Å²) in [4.78, 5) is 37.3. The first-order chi connectivity index (χ1) is 13.5. The highest BCUT2D eigenvalue weighted by atomic mass is 19.1. The van der Waals surface area contributed by atoms with Crippen molar-refractivity contribution in [1.29, 1.82) is 0 Å². The van der Waals surface area contributed by atoms with Gasteiger partial charge >= 0.3 is 5.97 Å². The zero-order valence-electron chi connectivity index (χ0n) is 15.1. The third-order valence-electron chi connectivity index (χ3n) is 4.35. The van der Waals surface area contributed by atoms with Crippen molar-refractivity contribution in [3.63, 3.8) is 0 Å². The van der Waals surface area contributed by atoms with Crippen LogP contribution in [0.3, 0.4) is 0 Å². The number of nitrogens with one attached hydrogen (secondary N) is 1. The maximum Gasteiger partial charge on any atom is 0.337 e. The van der Waals surface area contributed by atoms with Gasteiger partial charge in [-0.3, -0.25) is 9.59 Å². The molecule has 0 radical (unpaired) electrons. The number of halogens is 1. The maximum atomic E-state index is 13.0. The fourth-order valence-corrected chi connectivity index (χ4v) is 2.84. The van der Waals surface area contributed by atoms with Crippen LogP contribution in [0.4, 0.5) is 10.1 Å². The quantitative estimate of drug-likeness (QED) is 0.487. The summed E-state index contributed by atoms with van der Waals surface area (Å²) in [6.45, 7) is 0.208. The highest BCUT2D eigenvalue weighted by Crippen LogP contribution is 2.25. The molecule has 1 atom stereocenters. The zero-order valence-corrected chi connectivity index (χ0v) is 15.1. The molecule has 1 aliphatic rings. The number of hydrazone groups is 1. The van der Waals surface area contributed by atoms with Crippen LogP contribution >= 0.6 is 0 Å². The maximum absolute atomic E-state index is 13.0. The van der Waals surface area contributed by atoms with Crippen LogP contribution in [0.25, 0.3) is 0 Å². The Bertz CT molecular complexity index is 910. The van der Waals surface area contributed by atoms with Gasteiger partial charge in [0, 0.05) is 18.7 Å². The van der Waals surface area contributed by atoms with Crippen LogP contribution in [0.2, 0.25) is 0 Å². The highest BCUT2D eigenvalue weighted by molar-refractivity contribution is 6.00. The van der Waals surface area contributed by atoms with Crippen LogP contribution in [-0.4, -0.2) is 37.7 Å². The van der Waals surface area contributed by atoms with Crippen molar-refractivity contribution in [3.8, 4) is 0 Å². The average molecular weight is 383 g/mol. The molecule has 144 valence electrons. The van der Waals surface area contributed by atoms with Gasteiger partial charge in [0.1, 0.15) is 5.82 Å². The summed E-state index contributed by atoms with van der Waals surface area (Å²) in [5, 5.41) is 3.90. The summed E-state index contributed by atoms with van der Waals surface area (Å²) in [5.74, 6) is -1.95. The van der Waals surface area contributed by atoms with Gasteiger partial charge in [-0.05, 0) is 42.0 Å². The summed E-state index contributed by atoms with van der Waals surface area (Å²) >= 11 is 0. The standard InChI is InChI=1S/C20H18FN3O4/c1-28-20(27)14-4-2-13(3-5-14)11-22-23-19(26)15-10-18(25)24(12-15)17-8-6-16(21)7-9-17/h2-9,11,15H,10,12H2,1H3,(H,23,26)/b22-11-/t15-/m0/s1. The molecule has 1 heterocycles. The fraction of sp³-hybridized carbons (Fsp3) is 0.200. The van der Waals surface area contributed by atoms with Crippen molar-refractivity contribution in [2.45, 2.75) is 6.42 Å².